The van der Waals surface area contributed by atoms with E-state index in [2.05, 4.69) is 6.58 Å². The van der Waals surface area contributed by atoms with Crippen LogP contribution in [0.1, 0.15) is 22.3 Å². The Hall–Kier alpha value is -2.88. The lowest BCUT2D eigenvalue weighted by Gasteiger charge is -2.30. The fraction of sp³-hybridized carbons (Fsp3) is 0.158. The Labute approximate surface area is 135 Å². The van der Waals surface area contributed by atoms with Gasteiger partial charge < -0.3 is 9.47 Å². The van der Waals surface area contributed by atoms with E-state index in [9.17, 15) is 9.59 Å². The number of benzene rings is 2. The van der Waals surface area contributed by atoms with Gasteiger partial charge in [-0.1, -0.05) is 54.6 Å². The lowest BCUT2D eigenvalue weighted by molar-refractivity contribution is -0.164. The molecule has 0 aliphatic carbocycles. The summed E-state index contributed by atoms with van der Waals surface area (Å²) in [5, 5.41) is 0. The second kappa shape index (κ2) is 7.40. The summed E-state index contributed by atoms with van der Waals surface area (Å²) >= 11 is 0. The van der Waals surface area contributed by atoms with Crippen LogP contribution in [0.3, 0.4) is 0 Å². The van der Waals surface area contributed by atoms with Gasteiger partial charge in [0.05, 0.1) is 12.7 Å². The molecule has 0 N–H and O–H groups in total. The van der Waals surface area contributed by atoms with Crippen molar-refractivity contribution in [2.24, 2.45) is 0 Å². The minimum absolute atomic E-state index is 0.113. The molecule has 0 spiro atoms. The molecule has 0 saturated heterocycles. The number of hydrogen-bond donors (Lipinski definition) is 0. The van der Waals surface area contributed by atoms with Crippen LogP contribution in [0, 0.1) is 0 Å². The Morgan fingerprint density at radius 2 is 1.61 bits per heavy atom. The maximum Gasteiger partial charge on any atom is 0.355 e. The second-order valence-electron chi connectivity index (χ2n) is 4.93. The number of hydrogen-bond acceptors (Lipinski definition) is 4. The number of methoxy groups -OCH3 is 1. The lowest BCUT2D eigenvalue weighted by Crippen LogP contribution is -2.41. The number of rotatable bonds is 6. The smallest absolute Gasteiger partial charge is 0.355 e. The summed E-state index contributed by atoms with van der Waals surface area (Å²) < 4.78 is 10.5. The highest BCUT2D eigenvalue weighted by atomic mass is 16.6. The highest BCUT2D eigenvalue weighted by Crippen LogP contribution is 2.32. The Morgan fingerprint density at radius 1 is 1.04 bits per heavy atom. The number of esters is 2. The van der Waals surface area contributed by atoms with Gasteiger partial charge in [0.15, 0.2) is 0 Å². The first-order valence-corrected chi connectivity index (χ1v) is 7.17. The van der Waals surface area contributed by atoms with Crippen LogP contribution in [0.4, 0.5) is 0 Å². The van der Waals surface area contributed by atoms with Gasteiger partial charge >= 0.3 is 11.9 Å². The molecule has 0 fully saturated rings. The summed E-state index contributed by atoms with van der Waals surface area (Å²) in [7, 11) is 1.26. The molecule has 0 bridgehead atoms. The first-order chi connectivity index (χ1) is 11.1. The van der Waals surface area contributed by atoms with Crippen molar-refractivity contribution in [1.82, 2.24) is 0 Å². The molecule has 0 aliphatic rings. The van der Waals surface area contributed by atoms with Crippen LogP contribution in [0.25, 0.3) is 0 Å². The van der Waals surface area contributed by atoms with E-state index < -0.39 is 17.5 Å². The predicted molar refractivity (Wildman–Crippen MR) is 86.8 cm³/mol. The predicted octanol–water partition coefficient (Wildman–Crippen LogP) is 3.49. The summed E-state index contributed by atoms with van der Waals surface area (Å²) in [5.41, 5.74) is -0.651. The normalized spacial score (nSPS) is 12.7. The van der Waals surface area contributed by atoms with E-state index in [-0.39, 0.29) is 6.42 Å². The molecule has 0 amide bonds. The van der Waals surface area contributed by atoms with Crippen molar-refractivity contribution in [3.63, 3.8) is 0 Å². The third kappa shape index (κ3) is 3.48. The molecule has 0 heterocycles. The molecule has 4 nitrogen and oxygen atoms in total. The molecular formula is C19H18O4. The Kier molecular flexibility index (Phi) is 5.31. The van der Waals surface area contributed by atoms with E-state index in [1.807, 2.05) is 6.07 Å². The van der Waals surface area contributed by atoms with Crippen molar-refractivity contribution in [2.75, 3.05) is 7.11 Å². The van der Waals surface area contributed by atoms with Crippen molar-refractivity contribution in [3.8, 4) is 0 Å². The Bertz CT molecular complexity index is 679. The zero-order valence-electron chi connectivity index (χ0n) is 12.9. The van der Waals surface area contributed by atoms with Crippen LogP contribution in [-0.4, -0.2) is 19.0 Å². The van der Waals surface area contributed by atoms with E-state index in [1.165, 1.54) is 13.2 Å². The van der Waals surface area contributed by atoms with Crippen LogP contribution in [0.5, 0.6) is 0 Å². The number of carbonyl (C=O) groups excluding carboxylic acids is 2. The summed E-state index contributed by atoms with van der Waals surface area (Å²) in [6.07, 6.45) is 1.64. The van der Waals surface area contributed by atoms with Gasteiger partial charge in [-0.2, -0.15) is 0 Å². The summed E-state index contributed by atoms with van der Waals surface area (Å²) in [6, 6.07) is 17.3. The third-order valence-electron chi connectivity index (χ3n) is 3.46. The van der Waals surface area contributed by atoms with Crippen molar-refractivity contribution in [1.29, 1.82) is 0 Å². The summed E-state index contributed by atoms with van der Waals surface area (Å²) in [4.78, 5) is 24.9. The molecule has 2 aromatic rings. The molecule has 2 rings (SSSR count). The third-order valence-corrected chi connectivity index (χ3v) is 3.46. The fourth-order valence-corrected chi connectivity index (χ4v) is 2.33. The number of carbonyl (C=O) groups is 2. The topological polar surface area (TPSA) is 52.6 Å². The van der Waals surface area contributed by atoms with Crippen molar-refractivity contribution in [3.05, 3.63) is 84.4 Å². The van der Waals surface area contributed by atoms with Crippen LogP contribution < -0.4 is 0 Å². The van der Waals surface area contributed by atoms with Gasteiger partial charge in [0.2, 0.25) is 5.60 Å². The molecule has 118 valence electrons. The molecule has 0 radical (unpaired) electrons. The minimum Gasteiger partial charge on any atom is -0.466 e. The average molecular weight is 310 g/mol. The highest BCUT2D eigenvalue weighted by molar-refractivity contribution is 5.93. The van der Waals surface area contributed by atoms with E-state index in [0.717, 1.165) is 0 Å². The second-order valence-corrected chi connectivity index (χ2v) is 4.93. The highest BCUT2D eigenvalue weighted by Gasteiger charge is 2.44. The maximum absolute atomic E-state index is 12.5. The molecule has 2 aromatic carbocycles. The summed E-state index contributed by atoms with van der Waals surface area (Å²) in [6.45, 7) is 3.67. The monoisotopic (exact) mass is 310 g/mol. The quantitative estimate of drug-likeness (QED) is 0.605. The van der Waals surface area contributed by atoms with E-state index in [4.69, 9.17) is 9.47 Å². The molecule has 1 atom stereocenters. The maximum atomic E-state index is 12.5. The Balaban J connectivity index is 2.46. The summed E-state index contributed by atoms with van der Waals surface area (Å²) in [5.74, 6) is -1.24. The Morgan fingerprint density at radius 3 is 2.13 bits per heavy atom. The van der Waals surface area contributed by atoms with Crippen molar-refractivity contribution in [2.45, 2.75) is 12.0 Å². The number of ether oxygens (including phenoxy) is 2. The zero-order valence-corrected chi connectivity index (χ0v) is 12.9. The van der Waals surface area contributed by atoms with Crippen LogP contribution in [-0.2, 0) is 19.9 Å². The first-order valence-electron chi connectivity index (χ1n) is 7.17. The van der Waals surface area contributed by atoms with E-state index in [1.54, 1.807) is 54.6 Å². The van der Waals surface area contributed by atoms with Gasteiger partial charge in [-0.25, -0.2) is 9.59 Å². The fourth-order valence-electron chi connectivity index (χ4n) is 2.33. The molecule has 4 heteroatoms. The SMILES string of the molecule is C=CCC(OC(=O)c1ccccc1)(C(=O)OC)c1ccccc1. The largest absolute Gasteiger partial charge is 0.466 e. The molecular weight excluding hydrogens is 292 g/mol. The standard InChI is InChI=1S/C19H18O4/c1-3-14-19(18(21)22-2,16-12-8-5-9-13-16)23-17(20)15-10-6-4-7-11-15/h3-13H,1,14H2,2H3. The first kappa shape index (κ1) is 16.5. The van der Waals surface area contributed by atoms with Gasteiger partial charge in [-0.15, -0.1) is 6.58 Å². The van der Waals surface area contributed by atoms with Crippen LogP contribution in [0.2, 0.25) is 0 Å². The van der Waals surface area contributed by atoms with Crippen LogP contribution >= 0.6 is 0 Å². The van der Waals surface area contributed by atoms with E-state index >= 15 is 0 Å². The van der Waals surface area contributed by atoms with Gasteiger partial charge in [-0.05, 0) is 12.1 Å². The van der Waals surface area contributed by atoms with Gasteiger partial charge in [0, 0.05) is 12.0 Å². The lowest BCUT2D eigenvalue weighted by atomic mass is 9.90. The molecule has 23 heavy (non-hydrogen) atoms. The van der Waals surface area contributed by atoms with E-state index in [0.29, 0.717) is 11.1 Å². The van der Waals surface area contributed by atoms with Crippen LogP contribution in [0.15, 0.2) is 73.3 Å². The molecule has 0 saturated carbocycles. The molecule has 0 aromatic heterocycles. The zero-order chi connectivity index (χ0) is 16.7. The van der Waals surface area contributed by atoms with Gasteiger partial charge in [0.1, 0.15) is 0 Å². The minimum atomic E-state index is -1.55. The molecule has 1 unspecified atom stereocenters. The molecule has 0 aliphatic heterocycles. The van der Waals surface area contributed by atoms with Crippen molar-refractivity contribution < 1.29 is 19.1 Å². The van der Waals surface area contributed by atoms with Crippen molar-refractivity contribution >= 4 is 11.9 Å². The van der Waals surface area contributed by atoms with Gasteiger partial charge in [0.25, 0.3) is 0 Å². The van der Waals surface area contributed by atoms with Gasteiger partial charge in [-0.3, -0.25) is 0 Å². The average Bonchev–Trinajstić information content (AvgIpc) is 2.62.